The number of anilines is 1. The van der Waals surface area contributed by atoms with E-state index in [0.29, 0.717) is 13.0 Å². The van der Waals surface area contributed by atoms with Crippen LogP contribution in [0.5, 0.6) is 0 Å². The Morgan fingerprint density at radius 2 is 1.40 bits per heavy atom. The number of esters is 1. The van der Waals surface area contributed by atoms with Crippen molar-refractivity contribution in [3.05, 3.63) is 150 Å². The van der Waals surface area contributed by atoms with Crippen LogP contribution in [0, 0.1) is 0 Å². The molecule has 2 heterocycles. The van der Waals surface area contributed by atoms with E-state index in [1.807, 2.05) is 43.0 Å². The number of hydrogen-bond acceptors (Lipinski definition) is 6. The molecule has 0 fully saturated rings. The van der Waals surface area contributed by atoms with Gasteiger partial charge in [0.2, 0.25) is 0 Å². The van der Waals surface area contributed by atoms with Crippen LogP contribution in [0.3, 0.4) is 0 Å². The van der Waals surface area contributed by atoms with E-state index in [1.165, 1.54) is 7.11 Å². The summed E-state index contributed by atoms with van der Waals surface area (Å²) in [6, 6.07) is 34.9. The summed E-state index contributed by atoms with van der Waals surface area (Å²) in [5.74, 6) is -0.338. The molecule has 0 aliphatic rings. The van der Waals surface area contributed by atoms with Gasteiger partial charge in [-0.25, -0.2) is 4.98 Å². The Morgan fingerprint density at radius 1 is 0.837 bits per heavy atom. The SMILES string of the molecule is CCN(CC)c1ccnc(CN[C@@H](Cc2cn(C(c3ccccc3)(c3ccccc3)c3ccccc3)cn2)C(=O)OC)c1. The van der Waals surface area contributed by atoms with Crippen LogP contribution in [0.15, 0.2) is 122 Å². The summed E-state index contributed by atoms with van der Waals surface area (Å²) < 4.78 is 7.35. The zero-order chi connectivity index (χ0) is 30.1. The second-order valence-electron chi connectivity index (χ2n) is 10.4. The highest BCUT2D eigenvalue weighted by Crippen LogP contribution is 2.40. The number of aromatic nitrogens is 3. The maximum absolute atomic E-state index is 12.9. The quantitative estimate of drug-likeness (QED) is 0.141. The Kier molecular flexibility index (Phi) is 9.64. The van der Waals surface area contributed by atoms with Gasteiger partial charge < -0.3 is 14.2 Å². The molecule has 0 radical (unpaired) electrons. The molecule has 43 heavy (non-hydrogen) atoms. The lowest BCUT2D eigenvalue weighted by molar-refractivity contribution is -0.143. The third kappa shape index (κ3) is 6.37. The minimum Gasteiger partial charge on any atom is -0.468 e. The first-order valence-electron chi connectivity index (χ1n) is 14.8. The van der Waals surface area contributed by atoms with Gasteiger partial charge in [-0.1, -0.05) is 91.0 Å². The number of carbonyl (C=O) groups excluding carboxylic acids is 1. The number of rotatable bonds is 13. The Hall–Kier alpha value is -4.75. The number of methoxy groups -OCH3 is 1. The summed E-state index contributed by atoms with van der Waals surface area (Å²) in [5.41, 5.74) is 5.41. The van der Waals surface area contributed by atoms with E-state index in [-0.39, 0.29) is 5.97 Å². The second-order valence-corrected chi connectivity index (χ2v) is 10.4. The van der Waals surface area contributed by atoms with E-state index in [2.05, 4.69) is 112 Å². The molecule has 7 heteroatoms. The number of benzene rings is 3. The molecule has 0 aliphatic carbocycles. The molecule has 0 bridgehead atoms. The standard InChI is InChI=1S/C36H39N5O2/c1-4-40(5-2)33-21-22-37-31(23-33)25-38-34(35(42)43-3)24-32-26-41(27-39-32)36(28-15-9-6-10-16-28,29-17-11-7-12-18-29)30-19-13-8-14-20-30/h6-23,26-27,34,38H,4-5,24-25H2,1-3H3/t34-/m0/s1. The molecule has 7 nitrogen and oxygen atoms in total. The van der Waals surface area contributed by atoms with E-state index in [0.717, 1.165) is 46.9 Å². The van der Waals surface area contributed by atoms with E-state index >= 15 is 0 Å². The molecule has 0 amide bonds. The minimum atomic E-state index is -0.669. The van der Waals surface area contributed by atoms with Crippen LogP contribution in [0.4, 0.5) is 5.69 Å². The maximum atomic E-state index is 12.9. The van der Waals surface area contributed by atoms with Crippen molar-refractivity contribution >= 4 is 11.7 Å². The van der Waals surface area contributed by atoms with Gasteiger partial charge in [-0.15, -0.1) is 0 Å². The van der Waals surface area contributed by atoms with Crippen LogP contribution in [0.1, 0.15) is 41.9 Å². The zero-order valence-corrected chi connectivity index (χ0v) is 25.1. The first kappa shape index (κ1) is 29.7. The largest absolute Gasteiger partial charge is 0.468 e. The van der Waals surface area contributed by atoms with E-state index in [9.17, 15) is 4.79 Å². The lowest BCUT2D eigenvalue weighted by atomic mass is 9.77. The molecule has 220 valence electrons. The fraction of sp³-hybridized carbons (Fsp3) is 0.250. The van der Waals surface area contributed by atoms with Crippen molar-refractivity contribution in [2.45, 2.75) is 38.4 Å². The number of ether oxygens (including phenoxy) is 1. The van der Waals surface area contributed by atoms with Crippen molar-refractivity contribution in [3.8, 4) is 0 Å². The Morgan fingerprint density at radius 3 is 1.91 bits per heavy atom. The minimum absolute atomic E-state index is 0.338. The number of nitrogens with zero attached hydrogens (tertiary/aromatic N) is 4. The molecule has 0 saturated carbocycles. The van der Waals surface area contributed by atoms with E-state index < -0.39 is 11.6 Å². The molecular formula is C36H39N5O2. The first-order valence-corrected chi connectivity index (χ1v) is 14.8. The summed E-state index contributed by atoms with van der Waals surface area (Å²) in [4.78, 5) is 24.6. The number of imidazole rings is 1. The second kappa shape index (κ2) is 13.9. The normalized spacial score (nSPS) is 12.1. The number of pyridine rings is 1. The first-order chi connectivity index (χ1) is 21.1. The number of carbonyl (C=O) groups is 1. The number of hydrogen-bond donors (Lipinski definition) is 1. The highest BCUT2D eigenvalue weighted by molar-refractivity contribution is 5.76. The van der Waals surface area contributed by atoms with Crippen LogP contribution in [0.25, 0.3) is 0 Å². The molecule has 5 aromatic rings. The van der Waals surface area contributed by atoms with Crippen molar-refractivity contribution < 1.29 is 9.53 Å². The third-order valence-corrected chi connectivity index (χ3v) is 7.96. The van der Waals surface area contributed by atoms with Crippen molar-refractivity contribution in [3.63, 3.8) is 0 Å². The average Bonchev–Trinajstić information content (AvgIpc) is 3.54. The molecule has 2 aromatic heterocycles. The van der Waals surface area contributed by atoms with Crippen molar-refractivity contribution in [2.75, 3.05) is 25.1 Å². The molecule has 0 unspecified atom stereocenters. The van der Waals surface area contributed by atoms with Gasteiger partial charge in [0.05, 0.1) is 24.8 Å². The molecule has 1 atom stereocenters. The monoisotopic (exact) mass is 573 g/mol. The Labute approximate surface area is 254 Å². The lowest BCUT2D eigenvalue weighted by Gasteiger charge is -2.37. The summed E-state index contributed by atoms with van der Waals surface area (Å²) in [5, 5.41) is 3.38. The summed E-state index contributed by atoms with van der Waals surface area (Å²) in [6.07, 6.45) is 6.09. The van der Waals surface area contributed by atoms with Crippen LogP contribution in [0.2, 0.25) is 0 Å². The third-order valence-electron chi connectivity index (χ3n) is 7.96. The van der Waals surface area contributed by atoms with Gasteiger partial charge in [0, 0.05) is 44.1 Å². The van der Waals surface area contributed by atoms with Crippen LogP contribution in [-0.2, 0) is 28.0 Å². The summed E-state index contributed by atoms with van der Waals surface area (Å²) in [7, 11) is 1.42. The summed E-state index contributed by atoms with van der Waals surface area (Å²) >= 11 is 0. The molecule has 0 spiro atoms. The fourth-order valence-electron chi connectivity index (χ4n) is 5.80. The van der Waals surface area contributed by atoms with Gasteiger partial charge in [-0.05, 0) is 42.7 Å². The van der Waals surface area contributed by atoms with Gasteiger partial charge in [-0.2, -0.15) is 0 Å². The fourth-order valence-corrected chi connectivity index (χ4v) is 5.80. The summed E-state index contributed by atoms with van der Waals surface area (Å²) in [6.45, 7) is 6.53. The average molecular weight is 574 g/mol. The highest BCUT2D eigenvalue weighted by atomic mass is 16.5. The van der Waals surface area contributed by atoms with Gasteiger partial charge in [-0.3, -0.25) is 15.1 Å². The molecule has 5 rings (SSSR count). The van der Waals surface area contributed by atoms with Crippen molar-refractivity contribution in [2.24, 2.45) is 0 Å². The molecule has 1 N–H and O–H groups in total. The van der Waals surface area contributed by atoms with Gasteiger partial charge in [0.15, 0.2) is 0 Å². The van der Waals surface area contributed by atoms with Crippen molar-refractivity contribution in [1.29, 1.82) is 0 Å². The zero-order valence-electron chi connectivity index (χ0n) is 25.1. The Balaban J connectivity index is 1.48. The van der Waals surface area contributed by atoms with Crippen LogP contribution < -0.4 is 10.2 Å². The van der Waals surface area contributed by atoms with Crippen LogP contribution >= 0.6 is 0 Å². The van der Waals surface area contributed by atoms with Gasteiger partial charge in [0.25, 0.3) is 0 Å². The van der Waals surface area contributed by atoms with Crippen LogP contribution in [-0.4, -0.2) is 46.7 Å². The smallest absolute Gasteiger partial charge is 0.323 e. The topological polar surface area (TPSA) is 72.3 Å². The van der Waals surface area contributed by atoms with Gasteiger partial charge >= 0.3 is 5.97 Å². The predicted molar refractivity (Wildman–Crippen MR) is 171 cm³/mol. The number of nitrogens with one attached hydrogen (secondary N) is 1. The van der Waals surface area contributed by atoms with E-state index in [4.69, 9.17) is 9.72 Å². The molecular weight excluding hydrogens is 534 g/mol. The van der Waals surface area contributed by atoms with Gasteiger partial charge in [0.1, 0.15) is 11.6 Å². The molecule has 0 aliphatic heterocycles. The molecule has 0 saturated heterocycles. The Bertz CT molecular complexity index is 1490. The molecule has 3 aromatic carbocycles. The maximum Gasteiger partial charge on any atom is 0.323 e. The van der Waals surface area contributed by atoms with E-state index in [1.54, 1.807) is 0 Å². The van der Waals surface area contributed by atoms with Crippen molar-refractivity contribution in [1.82, 2.24) is 19.9 Å². The highest BCUT2D eigenvalue weighted by Gasteiger charge is 2.38. The lowest BCUT2D eigenvalue weighted by Crippen LogP contribution is -2.39. The predicted octanol–water partition coefficient (Wildman–Crippen LogP) is 5.84.